The highest BCUT2D eigenvalue weighted by Crippen LogP contribution is 2.29. The van der Waals surface area contributed by atoms with Crippen LogP contribution in [0, 0.1) is 0 Å². The van der Waals surface area contributed by atoms with Crippen LogP contribution >= 0.6 is 0 Å². The zero-order valence-electron chi connectivity index (χ0n) is 11.3. The van der Waals surface area contributed by atoms with Gasteiger partial charge in [-0.2, -0.15) is 0 Å². The van der Waals surface area contributed by atoms with Gasteiger partial charge in [0.05, 0.1) is 5.52 Å². The number of hydrogen-bond donors (Lipinski definition) is 2. The second kappa shape index (κ2) is 4.72. The summed E-state index contributed by atoms with van der Waals surface area (Å²) in [7, 11) is 0. The summed E-state index contributed by atoms with van der Waals surface area (Å²) in [6, 6.07) is 17.8. The SMILES string of the molecule is OC(c1ccc2[nH]ccc2c1)c1cccc2cccnc12. The van der Waals surface area contributed by atoms with Crippen LogP contribution in [0.3, 0.4) is 0 Å². The lowest BCUT2D eigenvalue weighted by molar-refractivity contribution is 0.222. The van der Waals surface area contributed by atoms with Crippen LogP contribution in [0.15, 0.2) is 67.0 Å². The third-order valence-corrected chi connectivity index (χ3v) is 3.85. The van der Waals surface area contributed by atoms with Crippen LogP contribution in [0.25, 0.3) is 21.8 Å². The van der Waals surface area contributed by atoms with Crippen LogP contribution in [0.4, 0.5) is 0 Å². The summed E-state index contributed by atoms with van der Waals surface area (Å²) < 4.78 is 0. The van der Waals surface area contributed by atoms with Gasteiger partial charge in [-0.25, -0.2) is 0 Å². The van der Waals surface area contributed by atoms with E-state index in [1.807, 2.05) is 60.8 Å². The second-order valence-corrected chi connectivity index (χ2v) is 5.15. The smallest absolute Gasteiger partial charge is 0.106 e. The molecule has 1 atom stereocenters. The number of para-hydroxylation sites is 1. The van der Waals surface area contributed by atoms with Crippen molar-refractivity contribution in [2.45, 2.75) is 6.10 Å². The lowest BCUT2D eigenvalue weighted by Gasteiger charge is -2.13. The van der Waals surface area contributed by atoms with Crippen molar-refractivity contribution in [2.24, 2.45) is 0 Å². The molecule has 2 aromatic carbocycles. The van der Waals surface area contributed by atoms with Crippen molar-refractivity contribution in [1.29, 1.82) is 0 Å². The zero-order chi connectivity index (χ0) is 14.2. The summed E-state index contributed by atoms with van der Waals surface area (Å²) in [6.45, 7) is 0. The largest absolute Gasteiger partial charge is 0.384 e. The summed E-state index contributed by atoms with van der Waals surface area (Å²) >= 11 is 0. The van der Waals surface area contributed by atoms with E-state index in [1.54, 1.807) is 6.20 Å². The first-order valence-corrected chi connectivity index (χ1v) is 6.92. The van der Waals surface area contributed by atoms with Gasteiger partial charge in [-0.05, 0) is 35.2 Å². The minimum atomic E-state index is -0.678. The van der Waals surface area contributed by atoms with Gasteiger partial charge in [0.15, 0.2) is 0 Å². The predicted molar refractivity (Wildman–Crippen MR) is 84.1 cm³/mol. The highest BCUT2D eigenvalue weighted by atomic mass is 16.3. The molecule has 3 nitrogen and oxygen atoms in total. The van der Waals surface area contributed by atoms with Crippen molar-refractivity contribution in [2.75, 3.05) is 0 Å². The monoisotopic (exact) mass is 274 g/mol. The topological polar surface area (TPSA) is 48.9 Å². The standard InChI is InChI=1S/C18H14N2O/c21-18(14-6-7-16-13(11-14)8-10-19-16)15-5-1-3-12-4-2-9-20-17(12)15/h1-11,18-19,21H. The lowest BCUT2D eigenvalue weighted by Crippen LogP contribution is -2.01. The number of pyridine rings is 1. The second-order valence-electron chi connectivity index (χ2n) is 5.15. The molecule has 4 aromatic rings. The van der Waals surface area contributed by atoms with Crippen LogP contribution in [-0.4, -0.2) is 15.1 Å². The Morgan fingerprint density at radius 2 is 1.86 bits per heavy atom. The molecule has 0 aliphatic carbocycles. The molecule has 0 radical (unpaired) electrons. The predicted octanol–water partition coefficient (Wildman–Crippen LogP) is 3.80. The first-order chi connectivity index (χ1) is 10.3. The molecule has 0 saturated heterocycles. The van der Waals surface area contributed by atoms with E-state index in [2.05, 4.69) is 9.97 Å². The van der Waals surface area contributed by atoms with Crippen LogP contribution in [0.1, 0.15) is 17.2 Å². The molecule has 0 saturated carbocycles. The molecular weight excluding hydrogens is 260 g/mol. The van der Waals surface area contributed by atoms with Gasteiger partial charge >= 0.3 is 0 Å². The highest BCUT2D eigenvalue weighted by Gasteiger charge is 2.14. The van der Waals surface area contributed by atoms with Gasteiger partial charge < -0.3 is 10.1 Å². The van der Waals surface area contributed by atoms with E-state index in [1.165, 1.54) is 0 Å². The van der Waals surface area contributed by atoms with E-state index >= 15 is 0 Å². The molecule has 102 valence electrons. The quantitative estimate of drug-likeness (QED) is 0.584. The molecule has 2 heterocycles. The molecule has 2 aromatic heterocycles. The number of rotatable bonds is 2. The number of benzene rings is 2. The fourth-order valence-electron chi connectivity index (χ4n) is 2.77. The summed E-state index contributed by atoms with van der Waals surface area (Å²) in [5, 5.41) is 12.9. The number of nitrogens with zero attached hydrogens (tertiary/aromatic N) is 1. The van der Waals surface area contributed by atoms with Gasteiger partial charge in [0.25, 0.3) is 0 Å². The van der Waals surface area contributed by atoms with Gasteiger partial charge in [0.1, 0.15) is 6.10 Å². The van der Waals surface area contributed by atoms with Crippen LogP contribution in [0.5, 0.6) is 0 Å². The number of fused-ring (bicyclic) bond motifs is 2. The molecule has 0 bridgehead atoms. The van der Waals surface area contributed by atoms with Crippen molar-refractivity contribution >= 4 is 21.8 Å². The molecule has 2 N–H and O–H groups in total. The third-order valence-electron chi connectivity index (χ3n) is 3.85. The molecule has 0 fully saturated rings. The van der Waals surface area contributed by atoms with Gasteiger partial charge in [-0.3, -0.25) is 4.98 Å². The van der Waals surface area contributed by atoms with E-state index in [0.29, 0.717) is 0 Å². The Balaban J connectivity index is 1.87. The molecular formula is C18H14N2O. The Labute approximate surface area is 121 Å². The molecule has 21 heavy (non-hydrogen) atoms. The highest BCUT2D eigenvalue weighted by molar-refractivity contribution is 5.83. The Bertz CT molecular complexity index is 921. The number of aromatic nitrogens is 2. The van der Waals surface area contributed by atoms with E-state index in [-0.39, 0.29) is 0 Å². The molecule has 4 rings (SSSR count). The average molecular weight is 274 g/mol. The Hall–Kier alpha value is -2.65. The fourth-order valence-corrected chi connectivity index (χ4v) is 2.77. The first kappa shape index (κ1) is 12.1. The normalized spacial score (nSPS) is 12.8. The van der Waals surface area contributed by atoms with E-state index in [4.69, 9.17) is 0 Å². The van der Waals surface area contributed by atoms with Crippen molar-refractivity contribution in [3.05, 3.63) is 78.1 Å². The maximum atomic E-state index is 10.7. The van der Waals surface area contributed by atoms with Crippen LogP contribution < -0.4 is 0 Å². The van der Waals surface area contributed by atoms with Crippen molar-refractivity contribution in [1.82, 2.24) is 9.97 Å². The molecule has 0 spiro atoms. The van der Waals surface area contributed by atoms with Gasteiger partial charge in [-0.15, -0.1) is 0 Å². The minimum absolute atomic E-state index is 0.678. The number of nitrogens with one attached hydrogen (secondary N) is 1. The average Bonchev–Trinajstić information content (AvgIpc) is 3.01. The lowest BCUT2D eigenvalue weighted by atomic mass is 9.98. The summed E-state index contributed by atoms with van der Waals surface area (Å²) in [6.07, 6.45) is 2.98. The van der Waals surface area contributed by atoms with Crippen LogP contribution in [0.2, 0.25) is 0 Å². The molecule has 3 heteroatoms. The summed E-state index contributed by atoms with van der Waals surface area (Å²) in [5.74, 6) is 0. The molecule has 0 amide bonds. The van der Waals surface area contributed by atoms with E-state index in [0.717, 1.165) is 32.9 Å². The van der Waals surface area contributed by atoms with Gasteiger partial charge in [0, 0.05) is 28.9 Å². The maximum Gasteiger partial charge on any atom is 0.106 e. The molecule has 0 aliphatic rings. The summed E-state index contributed by atoms with van der Waals surface area (Å²) in [5.41, 5.74) is 3.63. The number of hydrogen-bond acceptors (Lipinski definition) is 2. The zero-order valence-corrected chi connectivity index (χ0v) is 11.3. The van der Waals surface area contributed by atoms with Crippen molar-refractivity contribution < 1.29 is 5.11 Å². The fraction of sp³-hybridized carbons (Fsp3) is 0.0556. The van der Waals surface area contributed by atoms with Crippen molar-refractivity contribution in [3.8, 4) is 0 Å². The van der Waals surface area contributed by atoms with Crippen LogP contribution in [-0.2, 0) is 0 Å². The molecule has 1 unspecified atom stereocenters. The van der Waals surface area contributed by atoms with Gasteiger partial charge in [0.2, 0.25) is 0 Å². The third kappa shape index (κ3) is 1.99. The molecule has 0 aliphatic heterocycles. The number of aliphatic hydroxyl groups excluding tert-OH is 1. The Morgan fingerprint density at radius 1 is 0.952 bits per heavy atom. The van der Waals surface area contributed by atoms with Crippen molar-refractivity contribution in [3.63, 3.8) is 0 Å². The van der Waals surface area contributed by atoms with E-state index < -0.39 is 6.10 Å². The number of aromatic amines is 1. The minimum Gasteiger partial charge on any atom is -0.384 e. The Kier molecular flexibility index (Phi) is 2.72. The van der Waals surface area contributed by atoms with E-state index in [9.17, 15) is 5.11 Å². The number of H-pyrrole nitrogens is 1. The first-order valence-electron chi connectivity index (χ1n) is 6.92. The summed E-state index contributed by atoms with van der Waals surface area (Å²) in [4.78, 5) is 7.58. The Morgan fingerprint density at radius 3 is 2.81 bits per heavy atom. The maximum absolute atomic E-state index is 10.7. The number of aliphatic hydroxyl groups is 1. The van der Waals surface area contributed by atoms with Gasteiger partial charge in [-0.1, -0.05) is 30.3 Å².